The molecule has 0 saturated carbocycles. The molecule has 0 aromatic carbocycles. The molecule has 0 spiro atoms. The predicted octanol–water partition coefficient (Wildman–Crippen LogP) is 2.76. The van der Waals surface area contributed by atoms with E-state index in [-0.39, 0.29) is 11.5 Å². The molecule has 0 unspecified atom stereocenters. The minimum atomic E-state index is -4.74. The molecule has 0 fully saturated rings. The van der Waals surface area contributed by atoms with Crippen LogP contribution in [-0.2, 0) is 19.1 Å². The van der Waals surface area contributed by atoms with Crippen LogP contribution in [0.25, 0.3) is 0 Å². The van der Waals surface area contributed by atoms with E-state index >= 15 is 0 Å². The molecular formula is C15H15F3N4O2. The Bertz CT molecular complexity index is 815. The summed E-state index contributed by atoms with van der Waals surface area (Å²) in [5.41, 5.74) is -2.61. The molecule has 128 valence electrons. The van der Waals surface area contributed by atoms with E-state index in [0.717, 1.165) is 12.5 Å². The zero-order valence-electron chi connectivity index (χ0n) is 13.1. The number of aromatic nitrogens is 3. The number of rotatable bonds is 5. The highest BCUT2D eigenvalue weighted by Crippen LogP contribution is 2.28. The maximum atomic E-state index is 13.1. The van der Waals surface area contributed by atoms with E-state index in [1.807, 2.05) is 13.8 Å². The smallest absolute Gasteiger partial charge is 0.337 e. The van der Waals surface area contributed by atoms with Crippen LogP contribution in [-0.4, -0.2) is 14.7 Å². The van der Waals surface area contributed by atoms with Gasteiger partial charge in [0.2, 0.25) is 5.89 Å². The Kier molecular flexibility index (Phi) is 5.07. The highest BCUT2D eigenvalue weighted by atomic mass is 19.4. The highest BCUT2D eigenvalue weighted by Gasteiger charge is 2.35. The van der Waals surface area contributed by atoms with Crippen LogP contribution in [0.2, 0.25) is 0 Å². The predicted molar refractivity (Wildman–Crippen MR) is 77.0 cm³/mol. The quantitative estimate of drug-likeness (QED) is 0.835. The number of pyridine rings is 1. The minimum Gasteiger partial charge on any atom is -0.337 e. The zero-order chi connectivity index (χ0) is 17.9. The van der Waals surface area contributed by atoms with Gasteiger partial charge in [-0.2, -0.15) is 23.4 Å². The Labute approximate surface area is 135 Å². The Hall–Kier alpha value is -2.63. The first-order valence-corrected chi connectivity index (χ1v) is 7.25. The van der Waals surface area contributed by atoms with E-state index in [4.69, 9.17) is 9.78 Å². The van der Waals surface area contributed by atoms with Gasteiger partial charge >= 0.3 is 6.18 Å². The summed E-state index contributed by atoms with van der Waals surface area (Å²) in [6.45, 7) is 3.49. The molecule has 0 radical (unpaired) electrons. The summed E-state index contributed by atoms with van der Waals surface area (Å²) in [5.74, 6) is 0.673. The standard InChI is InChI=1S/C15H15F3N4O2/c1-9(2)3-6-12-20-13(24-21-12)8-22-11(15(16,17)18)5-4-10(7-19)14(22)23/h4-5,9H,3,6,8H2,1-2H3. The van der Waals surface area contributed by atoms with Gasteiger partial charge < -0.3 is 4.52 Å². The first-order chi connectivity index (χ1) is 11.2. The molecule has 2 aromatic rings. The van der Waals surface area contributed by atoms with Crippen LogP contribution in [0, 0.1) is 17.2 Å². The van der Waals surface area contributed by atoms with Gasteiger partial charge in [-0.15, -0.1) is 0 Å². The lowest BCUT2D eigenvalue weighted by Gasteiger charge is -2.13. The molecule has 0 aliphatic rings. The van der Waals surface area contributed by atoms with Gasteiger partial charge in [-0.3, -0.25) is 9.36 Å². The zero-order valence-corrected chi connectivity index (χ0v) is 13.1. The van der Waals surface area contributed by atoms with Crippen LogP contribution in [0.15, 0.2) is 21.5 Å². The average Bonchev–Trinajstić information content (AvgIpc) is 2.93. The van der Waals surface area contributed by atoms with Crippen molar-refractivity contribution in [3.8, 4) is 6.07 Å². The van der Waals surface area contributed by atoms with Gasteiger partial charge in [0.1, 0.15) is 23.9 Å². The second-order valence-corrected chi connectivity index (χ2v) is 5.67. The van der Waals surface area contributed by atoms with E-state index in [9.17, 15) is 18.0 Å². The third-order valence-electron chi connectivity index (χ3n) is 3.33. The lowest BCUT2D eigenvalue weighted by atomic mass is 10.1. The first kappa shape index (κ1) is 17.7. The van der Waals surface area contributed by atoms with Crippen LogP contribution in [0.4, 0.5) is 13.2 Å². The number of nitrogens with zero attached hydrogens (tertiary/aromatic N) is 4. The number of alkyl halides is 3. The van der Waals surface area contributed by atoms with Crippen molar-refractivity contribution in [2.24, 2.45) is 5.92 Å². The first-order valence-electron chi connectivity index (χ1n) is 7.25. The van der Waals surface area contributed by atoms with Crippen LogP contribution < -0.4 is 5.56 Å². The van der Waals surface area contributed by atoms with Gasteiger partial charge in [-0.1, -0.05) is 19.0 Å². The van der Waals surface area contributed by atoms with Crippen LogP contribution >= 0.6 is 0 Å². The maximum Gasteiger partial charge on any atom is 0.431 e. The monoisotopic (exact) mass is 340 g/mol. The molecule has 2 rings (SSSR count). The third-order valence-corrected chi connectivity index (χ3v) is 3.33. The van der Waals surface area contributed by atoms with E-state index < -0.39 is 24.0 Å². The second-order valence-electron chi connectivity index (χ2n) is 5.67. The lowest BCUT2D eigenvalue weighted by molar-refractivity contribution is -0.144. The molecule has 0 atom stereocenters. The van der Waals surface area contributed by atoms with Crippen molar-refractivity contribution in [3.63, 3.8) is 0 Å². The van der Waals surface area contributed by atoms with Crippen molar-refractivity contribution in [2.45, 2.75) is 39.4 Å². The molecular weight excluding hydrogens is 325 g/mol. The van der Waals surface area contributed by atoms with Gasteiger partial charge in [-0.25, -0.2) is 0 Å². The molecule has 2 heterocycles. The third kappa shape index (κ3) is 4.01. The van der Waals surface area contributed by atoms with E-state index in [2.05, 4.69) is 10.1 Å². The fourth-order valence-electron chi connectivity index (χ4n) is 2.08. The fraction of sp³-hybridized carbons (Fsp3) is 0.467. The molecule has 6 nitrogen and oxygen atoms in total. The van der Waals surface area contributed by atoms with Crippen molar-refractivity contribution in [1.82, 2.24) is 14.7 Å². The Morgan fingerprint density at radius 1 is 1.38 bits per heavy atom. The molecule has 9 heteroatoms. The van der Waals surface area contributed by atoms with Gasteiger partial charge in [0.05, 0.1) is 0 Å². The van der Waals surface area contributed by atoms with Crippen LogP contribution in [0.5, 0.6) is 0 Å². The Morgan fingerprint density at radius 3 is 2.67 bits per heavy atom. The van der Waals surface area contributed by atoms with E-state index in [1.165, 1.54) is 0 Å². The topological polar surface area (TPSA) is 84.7 Å². The summed E-state index contributed by atoms with van der Waals surface area (Å²) in [4.78, 5) is 16.1. The summed E-state index contributed by atoms with van der Waals surface area (Å²) in [7, 11) is 0. The molecule has 0 aliphatic carbocycles. The normalized spacial score (nSPS) is 11.7. The summed E-state index contributed by atoms with van der Waals surface area (Å²) >= 11 is 0. The van der Waals surface area contributed by atoms with Gasteiger partial charge in [-0.05, 0) is 24.5 Å². The highest BCUT2D eigenvalue weighted by molar-refractivity contribution is 5.28. The van der Waals surface area contributed by atoms with Gasteiger partial charge in [0.25, 0.3) is 5.56 Å². The number of hydrogen-bond donors (Lipinski definition) is 0. The number of aryl methyl sites for hydroxylation is 1. The van der Waals surface area contributed by atoms with Crippen molar-refractivity contribution < 1.29 is 17.7 Å². The molecule has 24 heavy (non-hydrogen) atoms. The fourth-order valence-corrected chi connectivity index (χ4v) is 2.08. The Balaban J connectivity index is 2.35. The number of halogens is 3. The van der Waals surface area contributed by atoms with Crippen LogP contribution in [0.3, 0.4) is 0 Å². The summed E-state index contributed by atoms with van der Waals surface area (Å²) in [6.07, 6.45) is -3.41. The molecule has 0 saturated heterocycles. The number of hydrogen-bond acceptors (Lipinski definition) is 5. The summed E-state index contributed by atoms with van der Waals surface area (Å²) < 4.78 is 44.6. The second kappa shape index (κ2) is 6.86. The lowest BCUT2D eigenvalue weighted by Crippen LogP contribution is -2.30. The minimum absolute atomic E-state index is 0.114. The van der Waals surface area contributed by atoms with Crippen LogP contribution in [0.1, 0.15) is 43.2 Å². The molecule has 0 amide bonds. The van der Waals surface area contributed by atoms with E-state index in [1.54, 1.807) is 6.07 Å². The van der Waals surface area contributed by atoms with Gasteiger partial charge in [0, 0.05) is 6.42 Å². The largest absolute Gasteiger partial charge is 0.431 e. The summed E-state index contributed by atoms with van der Waals surface area (Å²) in [6, 6.07) is 3.11. The van der Waals surface area contributed by atoms with Crippen molar-refractivity contribution in [1.29, 1.82) is 5.26 Å². The molecule has 0 aliphatic heterocycles. The molecule has 2 aromatic heterocycles. The van der Waals surface area contributed by atoms with Gasteiger partial charge in [0.15, 0.2) is 5.82 Å². The summed E-state index contributed by atoms with van der Waals surface area (Å²) in [5, 5.41) is 12.5. The van der Waals surface area contributed by atoms with E-state index in [0.29, 0.717) is 28.8 Å². The maximum absolute atomic E-state index is 13.1. The van der Waals surface area contributed by atoms with Crippen molar-refractivity contribution in [3.05, 3.63) is 45.5 Å². The molecule has 0 bridgehead atoms. The SMILES string of the molecule is CC(C)CCc1noc(Cn2c(C(F)(F)F)ccc(C#N)c2=O)n1. The van der Waals surface area contributed by atoms with Crippen molar-refractivity contribution in [2.75, 3.05) is 0 Å². The van der Waals surface area contributed by atoms with Crippen molar-refractivity contribution >= 4 is 0 Å². The molecule has 0 N–H and O–H groups in total. The number of nitriles is 1. The Morgan fingerprint density at radius 2 is 2.08 bits per heavy atom. The average molecular weight is 340 g/mol.